The molecule has 0 heterocycles. The smallest absolute Gasteiger partial charge is 0.306 e. The summed E-state index contributed by atoms with van der Waals surface area (Å²) in [6, 6.07) is 4.52. The topological polar surface area (TPSA) is 26.3 Å². The van der Waals surface area contributed by atoms with E-state index >= 15 is 0 Å². The third kappa shape index (κ3) is 6.51. The second-order valence-corrected chi connectivity index (χ2v) is 8.71. The molecule has 1 rings (SSSR count). The molecule has 1 aromatic carbocycles. The highest BCUT2D eigenvalue weighted by Gasteiger charge is 2.24. The second kappa shape index (κ2) is 8.94. The summed E-state index contributed by atoms with van der Waals surface area (Å²) in [5.41, 5.74) is 5.49. The first kappa shape index (κ1) is 23.0. The highest BCUT2D eigenvalue weighted by Crippen LogP contribution is 2.34. The Morgan fingerprint density at radius 2 is 1.50 bits per heavy atom. The standard InChI is InChI=1S/C20H32O2S.CH4/c1-14-16(19(2,3)4)12-15(13-17(14)20(5,6)7)8-9-18(21)22-10-11-23;/h12-13,23H,8-11H2,1-7H3;1H4. The molecule has 2 nitrogen and oxygen atoms in total. The number of ether oxygens (including phenoxy) is 1. The number of hydrogen-bond acceptors (Lipinski definition) is 3. The van der Waals surface area contributed by atoms with Gasteiger partial charge in [0.15, 0.2) is 0 Å². The van der Waals surface area contributed by atoms with Crippen molar-refractivity contribution in [1.29, 1.82) is 0 Å². The number of carbonyl (C=O) groups excluding carboxylic acids is 1. The van der Waals surface area contributed by atoms with Gasteiger partial charge in [0.2, 0.25) is 0 Å². The van der Waals surface area contributed by atoms with Gasteiger partial charge in [0, 0.05) is 12.2 Å². The third-order valence-corrected chi connectivity index (χ3v) is 4.24. The van der Waals surface area contributed by atoms with Gasteiger partial charge in [-0.15, -0.1) is 0 Å². The Bertz CT molecular complexity index is 513. The van der Waals surface area contributed by atoms with Crippen molar-refractivity contribution in [3.63, 3.8) is 0 Å². The number of carbonyl (C=O) groups is 1. The minimum absolute atomic E-state index is 0. The molecule has 0 aliphatic rings. The quantitative estimate of drug-likeness (QED) is 0.549. The van der Waals surface area contributed by atoms with Crippen molar-refractivity contribution in [2.45, 2.75) is 79.6 Å². The fourth-order valence-electron chi connectivity index (χ4n) is 2.95. The summed E-state index contributed by atoms with van der Waals surface area (Å²) >= 11 is 4.06. The van der Waals surface area contributed by atoms with E-state index in [-0.39, 0.29) is 24.2 Å². The molecule has 0 unspecified atom stereocenters. The molecule has 0 aliphatic carbocycles. The van der Waals surface area contributed by atoms with Crippen LogP contribution in [0.4, 0.5) is 0 Å². The number of benzene rings is 1. The summed E-state index contributed by atoms with van der Waals surface area (Å²) in [7, 11) is 0. The predicted octanol–water partition coefficient (Wildman–Crippen LogP) is 5.63. The van der Waals surface area contributed by atoms with E-state index in [1.165, 1.54) is 22.3 Å². The molecule has 24 heavy (non-hydrogen) atoms. The van der Waals surface area contributed by atoms with Crippen LogP contribution >= 0.6 is 12.6 Å². The number of rotatable bonds is 5. The van der Waals surface area contributed by atoms with E-state index in [0.717, 1.165) is 6.42 Å². The van der Waals surface area contributed by atoms with Gasteiger partial charge in [0.25, 0.3) is 0 Å². The first-order valence-corrected chi connectivity index (χ1v) is 9.01. The van der Waals surface area contributed by atoms with Crippen LogP contribution in [0.1, 0.15) is 77.6 Å². The van der Waals surface area contributed by atoms with Crippen LogP contribution in [-0.4, -0.2) is 18.3 Å². The lowest BCUT2D eigenvalue weighted by molar-refractivity contribution is -0.142. The molecule has 0 bridgehead atoms. The van der Waals surface area contributed by atoms with Crippen molar-refractivity contribution < 1.29 is 9.53 Å². The molecular weight excluding hydrogens is 316 g/mol. The Morgan fingerprint density at radius 1 is 1.04 bits per heavy atom. The van der Waals surface area contributed by atoms with E-state index in [9.17, 15) is 4.79 Å². The molecule has 3 heteroatoms. The first-order valence-electron chi connectivity index (χ1n) is 8.37. The van der Waals surface area contributed by atoms with Crippen molar-refractivity contribution >= 4 is 18.6 Å². The molecule has 0 atom stereocenters. The number of hydrogen-bond donors (Lipinski definition) is 1. The van der Waals surface area contributed by atoms with Gasteiger partial charge in [0.1, 0.15) is 6.61 Å². The average Bonchev–Trinajstić information content (AvgIpc) is 2.41. The average molecular weight is 353 g/mol. The number of esters is 1. The van der Waals surface area contributed by atoms with Gasteiger partial charge in [-0.1, -0.05) is 61.1 Å². The van der Waals surface area contributed by atoms with Crippen LogP contribution in [0.5, 0.6) is 0 Å². The van der Waals surface area contributed by atoms with Crippen LogP contribution in [0.25, 0.3) is 0 Å². The minimum Gasteiger partial charge on any atom is -0.465 e. The van der Waals surface area contributed by atoms with Gasteiger partial charge in [-0.3, -0.25) is 4.79 Å². The summed E-state index contributed by atoms with van der Waals surface area (Å²) in [6.45, 7) is 16.1. The van der Waals surface area contributed by atoms with Gasteiger partial charge in [-0.05, 0) is 46.4 Å². The Morgan fingerprint density at radius 3 is 1.88 bits per heavy atom. The molecule has 0 aromatic heterocycles. The molecule has 1 aromatic rings. The highest BCUT2D eigenvalue weighted by atomic mass is 32.1. The summed E-state index contributed by atoms with van der Waals surface area (Å²) in [4.78, 5) is 11.7. The van der Waals surface area contributed by atoms with Crippen LogP contribution in [-0.2, 0) is 26.8 Å². The van der Waals surface area contributed by atoms with Crippen molar-refractivity contribution in [2.75, 3.05) is 12.4 Å². The molecule has 0 amide bonds. The van der Waals surface area contributed by atoms with Gasteiger partial charge < -0.3 is 4.74 Å². The van der Waals surface area contributed by atoms with Gasteiger partial charge in [-0.2, -0.15) is 12.6 Å². The van der Waals surface area contributed by atoms with Crippen LogP contribution in [0.15, 0.2) is 12.1 Å². The van der Waals surface area contributed by atoms with E-state index in [1.807, 2.05) is 0 Å². The lowest BCUT2D eigenvalue weighted by atomic mass is 9.75. The molecule has 0 spiro atoms. The molecule has 0 N–H and O–H groups in total. The van der Waals surface area contributed by atoms with Crippen LogP contribution < -0.4 is 0 Å². The molecule has 0 aliphatic heterocycles. The van der Waals surface area contributed by atoms with Crippen molar-refractivity contribution in [3.8, 4) is 0 Å². The molecule has 138 valence electrons. The van der Waals surface area contributed by atoms with Crippen molar-refractivity contribution in [1.82, 2.24) is 0 Å². The maximum Gasteiger partial charge on any atom is 0.306 e. The molecule has 0 radical (unpaired) electrons. The van der Waals surface area contributed by atoms with E-state index < -0.39 is 0 Å². The zero-order valence-electron chi connectivity index (χ0n) is 15.7. The fraction of sp³-hybridized carbons (Fsp3) is 0.667. The van der Waals surface area contributed by atoms with Gasteiger partial charge >= 0.3 is 5.97 Å². The largest absolute Gasteiger partial charge is 0.465 e. The zero-order valence-corrected chi connectivity index (χ0v) is 16.6. The normalized spacial score (nSPS) is 11.8. The second-order valence-electron chi connectivity index (χ2n) is 8.26. The van der Waals surface area contributed by atoms with E-state index in [1.54, 1.807) is 0 Å². The Hall–Kier alpha value is -0.960. The Kier molecular flexibility index (Phi) is 8.58. The lowest BCUT2D eigenvalue weighted by Gasteiger charge is -2.30. The third-order valence-electron chi connectivity index (χ3n) is 4.06. The molecule has 0 saturated carbocycles. The minimum atomic E-state index is -0.144. The lowest BCUT2D eigenvalue weighted by Crippen LogP contribution is -2.20. The molecular formula is C21H36O2S. The van der Waals surface area contributed by atoms with Gasteiger partial charge in [-0.25, -0.2) is 0 Å². The molecule has 0 fully saturated rings. The first-order chi connectivity index (χ1) is 10.5. The monoisotopic (exact) mass is 352 g/mol. The Labute approximate surface area is 154 Å². The summed E-state index contributed by atoms with van der Waals surface area (Å²) in [5, 5.41) is 0. The van der Waals surface area contributed by atoms with E-state index in [4.69, 9.17) is 4.74 Å². The van der Waals surface area contributed by atoms with Crippen LogP contribution in [0, 0.1) is 6.92 Å². The maximum absolute atomic E-state index is 11.7. The number of aryl methyl sites for hydroxylation is 1. The summed E-state index contributed by atoms with van der Waals surface area (Å²) < 4.78 is 5.12. The fourth-order valence-corrected chi connectivity index (χ4v) is 3.05. The maximum atomic E-state index is 11.7. The van der Waals surface area contributed by atoms with E-state index in [0.29, 0.717) is 18.8 Å². The van der Waals surface area contributed by atoms with Crippen LogP contribution in [0.2, 0.25) is 0 Å². The Balaban J connectivity index is 0.00000529. The van der Waals surface area contributed by atoms with Crippen LogP contribution in [0.3, 0.4) is 0 Å². The van der Waals surface area contributed by atoms with E-state index in [2.05, 4.69) is 73.2 Å². The highest BCUT2D eigenvalue weighted by molar-refractivity contribution is 7.80. The summed E-state index contributed by atoms with van der Waals surface area (Å²) in [6.07, 6.45) is 1.14. The number of thiol groups is 1. The van der Waals surface area contributed by atoms with Crippen molar-refractivity contribution in [3.05, 3.63) is 34.4 Å². The predicted molar refractivity (Wildman–Crippen MR) is 108 cm³/mol. The SMILES string of the molecule is C.Cc1c(C(C)(C)C)cc(CCC(=O)OCCS)cc1C(C)(C)C. The summed E-state index contributed by atoms with van der Waals surface area (Å²) in [5.74, 6) is 0.424. The van der Waals surface area contributed by atoms with Gasteiger partial charge in [0.05, 0.1) is 0 Å². The van der Waals surface area contributed by atoms with Crippen molar-refractivity contribution in [2.24, 2.45) is 0 Å². The zero-order chi connectivity index (χ0) is 17.8. The molecule has 0 saturated heterocycles.